The van der Waals surface area contributed by atoms with E-state index in [2.05, 4.69) is 40.8 Å². The largest absolute Gasteiger partial charge is 0.481 e. The van der Waals surface area contributed by atoms with E-state index in [-0.39, 0.29) is 18.2 Å². The zero-order valence-corrected chi connectivity index (χ0v) is 24.2. The highest BCUT2D eigenvalue weighted by molar-refractivity contribution is 6.00. The molecule has 40 heavy (non-hydrogen) atoms. The first kappa shape index (κ1) is 28.8. The number of aromatic nitrogens is 2. The normalized spacial score (nSPS) is 11.8. The Balaban J connectivity index is 1.63. The number of likely N-dealkylation sites (N-methyl/N-ethyl adjacent to an activating group) is 1. The molecule has 2 amide bonds. The van der Waals surface area contributed by atoms with Crippen molar-refractivity contribution >= 4 is 28.4 Å². The van der Waals surface area contributed by atoms with Crippen molar-refractivity contribution in [1.29, 1.82) is 0 Å². The van der Waals surface area contributed by atoms with Crippen molar-refractivity contribution in [2.45, 2.75) is 46.2 Å². The zero-order valence-electron chi connectivity index (χ0n) is 24.2. The van der Waals surface area contributed by atoms with Crippen LogP contribution in [0.2, 0.25) is 0 Å². The third-order valence-corrected chi connectivity index (χ3v) is 7.42. The van der Waals surface area contributed by atoms with Crippen LogP contribution in [0.5, 0.6) is 5.88 Å². The van der Waals surface area contributed by atoms with Crippen LogP contribution in [-0.2, 0) is 33.7 Å². The van der Waals surface area contributed by atoms with Crippen molar-refractivity contribution in [2.75, 3.05) is 32.8 Å². The van der Waals surface area contributed by atoms with Crippen LogP contribution in [0.3, 0.4) is 0 Å². The number of ether oxygens (including phenoxy) is 2. The minimum absolute atomic E-state index is 0.166. The summed E-state index contributed by atoms with van der Waals surface area (Å²) in [4.78, 5) is 33.1. The number of methoxy groups -OCH3 is 2. The Morgan fingerprint density at radius 3 is 2.38 bits per heavy atom. The number of aryl methyl sites for hydroxylation is 2. The molecule has 2 aromatic heterocycles. The third-order valence-electron chi connectivity index (χ3n) is 7.42. The van der Waals surface area contributed by atoms with Gasteiger partial charge in [-0.3, -0.25) is 9.59 Å². The maximum Gasteiger partial charge on any atom is 0.249 e. The summed E-state index contributed by atoms with van der Waals surface area (Å²) in [6, 6.07) is 16.6. The van der Waals surface area contributed by atoms with Gasteiger partial charge in [-0.2, -0.15) is 0 Å². The van der Waals surface area contributed by atoms with Crippen molar-refractivity contribution in [1.82, 2.24) is 14.9 Å². The monoisotopic (exact) mass is 542 g/mol. The fourth-order valence-electron chi connectivity index (χ4n) is 5.22. The average molecular weight is 543 g/mol. The lowest BCUT2D eigenvalue weighted by molar-refractivity contribution is -0.127. The van der Waals surface area contributed by atoms with E-state index < -0.39 is 6.04 Å². The van der Waals surface area contributed by atoms with Crippen molar-refractivity contribution in [3.05, 3.63) is 88.7 Å². The van der Waals surface area contributed by atoms with Gasteiger partial charge >= 0.3 is 0 Å². The van der Waals surface area contributed by atoms with Crippen LogP contribution in [0.25, 0.3) is 10.9 Å². The first-order valence-electron chi connectivity index (χ1n) is 13.4. The van der Waals surface area contributed by atoms with Crippen molar-refractivity contribution in [3.8, 4) is 5.88 Å². The summed E-state index contributed by atoms with van der Waals surface area (Å²) < 4.78 is 12.7. The summed E-state index contributed by atoms with van der Waals surface area (Å²) in [5, 5.41) is 4.15. The third kappa shape index (κ3) is 6.18. The zero-order chi connectivity index (χ0) is 28.8. The van der Waals surface area contributed by atoms with Gasteiger partial charge < -0.3 is 24.3 Å². The van der Waals surface area contributed by atoms with Crippen LogP contribution >= 0.6 is 0 Å². The van der Waals surface area contributed by atoms with Crippen molar-refractivity contribution in [2.24, 2.45) is 0 Å². The molecular weight excluding hydrogens is 504 g/mol. The molecule has 0 aliphatic rings. The number of anilines is 1. The quantitative estimate of drug-likeness (QED) is 0.301. The number of rotatable bonds is 11. The summed E-state index contributed by atoms with van der Waals surface area (Å²) in [5.74, 6) is 0.0325. The van der Waals surface area contributed by atoms with Crippen LogP contribution in [0.15, 0.2) is 60.8 Å². The topological polar surface area (TPSA) is 85.7 Å². The van der Waals surface area contributed by atoms with E-state index in [9.17, 15) is 9.59 Å². The van der Waals surface area contributed by atoms with Gasteiger partial charge in [0, 0.05) is 44.3 Å². The van der Waals surface area contributed by atoms with Gasteiger partial charge in [0.15, 0.2) is 0 Å². The first-order valence-corrected chi connectivity index (χ1v) is 13.4. The van der Waals surface area contributed by atoms with E-state index >= 15 is 0 Å². The highest BCUT2D eigenvalue weighted by atomic mass is 16.5. The number of carbonyl (C=O) groups is 2. The lowest BCUT2D eigenvalue weighted by atomic mass is 10.00. The molecule has 0 saturated heterocycles. The molecule has 1 N–H and O–H groups in total. The van der Waals surface area contributed by atoms with Gasteiger partial charge in [0.1, 0.15) is 6.04 Å². The Morgan fingerprint density at radius 1 is 1.00 bits per heavy atom. The second-order valence-electron chi connectivity index (χ2n) is 10.1. The summed E-state index contributed by atoms with van der Waals surface area (Å²) in [6.45, 7) is 7.48. The number of carbonyl (C=O) groups excluding carboxylic acids is 2. The molecule has 1 atom stereocenters. The number of nitrogens with zero attached hydrogens (tertiary/aromatic N) is 3. The summed E-state index contributed by atoms with van der Waals surface area (Å²) in [7, 11) is 4.92. The number of nitrogens with one attached hydrogen (secondary N) is 1. The lowest BCUT2D eigenvalue weighted by Crippen LogP contribution is -2.49. The Hall–Kier alpha value is -4.17. The number of hydrogen-bond acceptors (Lipinski definition) is 5. The fourth-order valence-corrected chi connectivity index (χ4v) is 5.22. The molecule has 2 heterocycles. The van der Waals surface area contributed by atoms with Gasteiger partial charge in [-0.1, -0.05) is 42.5 Å². The Bertz CT molecular complexity index is 1480. The molecule has 8 heteroatoms. The Labute approximate surface area is 235 Å². The molecule has 0 fully saturated rings. The smallest absolute Gasteiger partial charge is 0.249 e. The van der Waals surface area contributed by atoms with Gasteiger partial charge in [0.2, 0.25) is 17.7 Å². The average Bonchev–Trinajstić information content (AvgIpc) is 3.25. The number of amides is 2. The summed E-state index contributed by atoms with van der Waals surface area (Å²) in [5.41, 5.74) is 6.98. The molecule has 210 valence electrons. The van der Waals surface area contributed by atoms with Crippen molar-refractivity contribution < 1.29 is 19.1 Å². The highest BCUT2D eigenvalue weighted by Gasteiger charge is 2.27. The molecule has 0 unspecified atom stereocenters. The molecule has 0 saturated carbocycles. The molecule has 4 aromatic rings. The predicted molar refractivity (Wildman–Crippen MR) is 158 cm³/mol. The number of benzene rings is 2. The van der Waals surface area contributed by atoms with E-state index in [0.29, 0.717) is 31.1 Å². The van der Waals surface area contributed by atoms with E-state index in [1.807, 2.05) is 37.3 Å². The van der Waals surface area contributed by atoms with E-state index in [4.69, 9.17) is 9.47 Å². The molecule has 8 nitrogen and oxygen atoms in total. The molecule has 0 aliphatic heterocycles. The van der Waals surface area contributed by atoms with Gasteiger partial charge in [0.05, 0.1) is 37.5 Å². The van der Waals surface area contributed by atoms with Gasteiger partial charge in [-0.25, -0.2) is 4.98 Å². The number of hydrogen-bond donors (Lipinski definition) is 1. The first-order chi connectivity index (χ1) is 19.2. The van der Waals surface area contributed by atoms with E-state index in [0.717, 1.165) is 38.9 Å². The Kier molecular flexibility index (Phi) is 9.22. The molecule has 0 aliphatic carbocycles. The number of fused-ring (bicyclic) bond motifs is 1. The number of pyridine rings is 1. The molecule has 4 rings (SSSR count). The van der Waals surface area contributed by atoms with Gasteiger partial charge in [-0.15, -0.1) is 0 Å². The van der Waals surface area contributed by atoms with Crippen LogP contribution in [0.1, 0.15) is 27.9 Å². The van der Waals surface area contributed by atoms with Crippen molar-refractivity contribution in [3.63, 3.8) is 0 Å². The lowest BCUT2D eigenvalue weighted by Gasteiger charge is -2.25. The molecule has 0 spiro atoms. The molecular formula is C32H38N4O4. The van der Waals surface area contributed by atoms with E-state index in [1.54, 1.807) is 39.6 Å². The summed E-state index contributed by atoms with van der Waals surface area (Å²) >= 11 is 0. The standard InChI is InChI=1S/C32H38N4O4/c1-21-12-13-22(2)31-30(21)26(23(3)36(31)16-17-39-5)19-28(37)34-27(18-24-10-8-7-9-11-24)32(38)35(4)25-14-15-29(40-6)33-20-25/h7-15,20,27H,16-19H2,1-6H3,(H,34,37)/t27-/m0/s1. The highest BCUT2D eigenvalue weighted by Crippen LogP contribution is 2.32. The van der Waals surface area contributed by atoms with Gasteiger partial charge in [-0.05, 0) is 49.1 Å². The van der Waals surface area contributed by atoms with E-state index in [1.165, 1.54) is 4.90 Å². The minimum atomic E-state index is -0.757. The molecule has 0 bridgehead atoms. The second-order valence-corrected chi connectivity index (χ2v) is 10.1. The van der Waals surface area contributed by atoms with Gasteiger partial charge in [0.25, 0.3) is 0 Å². The minimum Gasteiger partial charge on any atom is -0.481 e. The SMILES string of the molecule is COCCn1c(C)c(CC(=O)N[C@@H](Cc2ccccc2)C(=O)N(C)c2ccc(OC)nc2)c2c(C)ccc(C)c21. The van der Waals surface area contributed by atoms with Crippen LogP contribution in [-0.4, -0.2) is 55.3 Å². The molecule has 0 radical (unpaired) electrons. The fraction of sp³-hybridized carbons (Fsp3) is 0.344. The maximum absolute atomic E-state index is 13.7. The second kappa shape index (κ2) is 12.8. The maximum atomic E-state index is 13.7. The summed E-state index contributed by atoms with van der Waals surface area (Å²) in [6.07, 6.45) is 2.12. The predicted octanol–water partition coefficient (Wildman–Crippen LogP) is 4.55. The molecule has 2 aromatic carbocycles. The van der Waals surface area contributed by atoms with Crippen LogP contribution in [0.4, 0.5) is 5.69 Å². The Morgan fingerprint density at radius 2 is 1.73 bits per heavy atom. The van der Waals surface area contributed by atoms with Crippen LogP contribution < -0.4 is 15.0 Å². The van der Waals surface area contributed by atoms with Crippen LogP contribution in [0, 0.1) is 20.8 Å².